The Morgan fingerprint density at radius 1 is 1.24 bits per heavy atom. The first-order valence-corrected chi connectivity index (χ1v) is 7.83. The number of hydrogen-bond acceptors (Lipinski definition) is 6. The van der Waals surface area contributed by atoms with Crippen LogP contribution in [0, 0.1) is 13.8 Å². The molecule has 0 saturated heterocycles. The molecule has 0 spiro atoms. The Bertz CT molecular complexity index is 886. The van der Waals surface area contributed by atoms with E-state index >= 15 is 0 Å². The monoisotopic (exact) mass is 337 g/mol. The number of benzene rings is 1. The van der Waals surface area contributed by atoms with E-state index < -0.39 is 0 Å². The third-order valence-corrected chi connectivity index (χ3v) is 3.68. The van der Waals surface area contributed by atoms with Crippen molar-refractivity contribution in [3.05, 3.63) is 64.9 Å². The van der Waals surface area contributed by atoms with E-state index in [1.54, 1.807) is 36.1 Å². The van der Waals surface area contributed by atoms with Crippen LogP contribution in [0.3, 0.4) is 0 Å². The van der Waals surface area contributed by atoms with Crippen LogP contribution in [0.25, 0.3) is 0 Å². The second-order valence-electron chi connectivity index (χ2n) is 5.78. The fraction of sp³-hybridized carbons (Fsp3) is 0.235. The van der Waals surface area contributed by atoms with Crippen LogP contribution < -0.4 is 11.1 Å². The number of carbonyl (C=O) groups excluding carboxylic acids is 1. The lowest BCUT2D eigenvalue weighted by molar-refractivity contribution is 0.0950. The van der Waals surface area contributed by atoms with Crippen molar-refractivity contribution in [1.29, 1.82) is 0 Å². The molecule has 1 aromatic carbocycles. The first-order valence-electron chi connectivity index (χ1n) is 7.83. The van der Waals surface area contributed by atoms with Gasteiger partial charge in [0.15, 0.2) is 0 Å². The minimum absolute atomic E-state index is 0.147. The van der Waals surface area contributed by atoms with Crippen molar-refractivity contribution >= 4 is 11.7 Å². The number of nitrogens with two attached hydrogens (primary N) is 1. The lowest BCUT2D eigenvalue weighted by Gasteiger charge is -2.04. The summed E-state index contributed by atoms with van der Waals surface area (Å²) in [4.78, 5) is 20.4. The van der Waals surface area contributed by atoms with Gasteiger partial charge in [-0.25, -0.2) is 14.6 Å². The summed E-state index contributed by atoms with van der Waals surface area (Å²) in [5, 5.41) is 10.9. The molecule has 2 aromatic heterocycles. The van der Waals surface area contributed by atoms with Gasteiger partial charge < -0.3 is 11.1 Å². The molecular formula is C17H19N7O. The maximum atomic E-state index is 12.1. The molecule has 0 atom stereocenters. The molecule has 0 saturated carbocycles. The summed E-state index contributed by atoms with van der Waals surface area (Å²) in [6.07, 6.45) is 3.44. The maximum absolute atomic E-state index is 12.1. The van der Waals surface area contributed by atoms with Gasteiger partial charge in [0.25, 0.3) is 5.91 Å². The smallest absolute Gasteiger partial charge is 0.251 e. The summed E-state index contributed by atoms with van der Waals surface area (Å²) in [7, 11) is 0. The zero-order valence-corrected chi connectivity index (χ0v) is 14.1. The zero-order valence-electron chi connectivity index (χ0n) is 14.1. The van der Waals surface area contributed by atoms with Gasteiger partial charge >= 0.3 is 0 Å². The molecule has 3 aromatic rings. The number of amides is 1. The van der Waals surface area contributed by atoms with E-state index in [1.165, 1.54) is 0 Å². The van der Waals surface area contributed by atoms with E-state index in [1.807, 2.05) is 19.1 Å². The molecule has 3 N–H and O–H groups in total. The van der Waals surface area contributed by atoms with Crippen molar-refractivity contribution in [2.45, 2.75) is 26.9 Å². The number of carbonyl (C=O) groups is 1. The van der Waals surface area contributed by atoms with Crippen LogP contribution in [0.5, 0.6) is 0 Å². The standard InChI is InChI=1S/C17H19N7O/c1-11-3-5-13(6-4-11)17(25)20-8-15-10-24(23-22-15)9-14-7-19-12(2)21-16(14)18/h3-7,10H,8-9H2,1-2H3,(H,20,25)(H2,18,19,21). The molecule has 8 nitrogen and oxygen atoms in total. The Morgan fingerprint density at radius 3 is 2.72 bits per heavy atom. The fourth-order valence-electron chi connectivity index (χ4n) is 2.28. The number of rotatable bonds is 5. The van der Waals surface area contributed by atoms with Crippen molar-refractivity contribution in [1.82, 2.24) is 30.3 Å². The number of nitrogen functional groups attached to an aromatic ring is 1. The number of aryl methyl sites for hydroxylation is 2. The van der Waals surface area contributed by atoms with Gasteiger partial charge in [-0.15, -0.1) is 5.10 Å². The number of nitrogens with one attached hydrogen (secondary N) is 1. The highest BCUT2D eigenvalue weighted by atomic mass is 16.1. The molecule has 0 aliphatic rings. The van der Waals surface area contributed by atoms with E-state index in [2.05, 4.69) is 25.6 Å². The third kappa shape index (κ3) is 4.17. The molecule has 0 unspecified atom stereocenters. The van der Waals surface area contributed by atoms with Crippen LogP contribution in [0.15, 0.2) is 36.7 Å². The second-order valence-corrected chi connectivity index (χ2v) is 5.78. The Labute approximate surface area is 145 Å². The lowest BCUT2D eigenvalue weighted by atomic mass is 10.1. The molecule has 128 valence electrons. The largest absolute Gasteiger partial charge is 0.383 e. The highest BCUT2D eigenvalue weighted by Crippen LogP contribution is 2.09. The predicted molar refractivity (Wildman–Crippen MR) is 92.7 cm³/mol. The van der Waals surface area contributed by atoms with Crippen molar-refractivity contribution in [2.75, 3.05) is 5.73 Å². The topological polar surface area (TPSA) is 112 Å². The molecule has 8 heteroatoms. The second kappa shape index (κ2) is 7.08. The van der Waals surface area contributed by atoms with Gasteiger partial charge in [-0.1, -0.05) is 22.9 Å². The van der Waals surface area contributed by atoms with Crippen molar-refractivity contribution < 1.29 is 4.79 Å². The van der Waals surface area contributed by atoms with Gasteiger partial charge in [-0.05, 0) is 26.0 Å². The average molecular weight is 337 g/mol. The Kier molecular flexibility index (Phi) is 4.69. The average Bonchev–Trinajstić information content (AvgIpc) is 3.03. The van der Waals surface area contributed by atoms with Crippen molar-refractivity contribution in [2.24, 2.45) is 0 Å². The summed E-state index contributed by atoms with van der Waals surface area (Å²) in [6.45, 7) is 4.48. The van der Waals surface area contributed by atoms with Gasteiger partial charge in [-0.3, -0.25) is 4.79 Å². The SMILES string of the molecule is Cc1ccc(C(=O)NCc2cn(Cc3cnc(C)nc3N)nn2)cc1. The molecular weight excluding hydrogens is 318 g/mol. The Hall–Kier alpha value is -3.29. The molecule has 0 aliphatic carbocycles. The van der Waals surface area contributed by atoms with Crippen LogP contribution in [0.4, 0.5) is 5.82 Å². The maximum Gasteiger partial charge on any atom is 0.251 e. The number of hydrogen-bond donors (Lipinski definition) is 2. The normalized spacial score (nSPS) is 10.6. The van der Waals surface area contributed by atoms with Crippen LogP contribution in [-0.4, -0.2) is 30.9 Å². The molecule has 0 aliphatic heterocycles. The van der Waals surface area contributed by atoms with Crippen LogP contribution in [-0.2, 0) is 13.1 Å². The first kappa shape index (κ1) is 16.6. The number of aromatic nitrogens is 5. The molecule has 1 amide bonds. The van der Waals surface area contributed by atoms with E-state index in [9.17, 15) is 4.79 Å². The molecule has 0 bridgehead atoms. The van der Waals surface area contributed by atoms with Crippen molar-refractivity contribution in [3.8, 4) is 0 Å². The Morgan fingerprint density at radius 2 is 2.00 bits per heavy atom. The van der Waals surface area contributed by atoms with Crippen LogP contribution >= 0.6 is 0 Å². The van der Waals surface area contributed by atoms with Gasteiger partial charge in [0.05, 0.1) is 19.3 Å². The lowest BCUT2D eigenvalue weighted by Crippen LogP contribution is -2.22. The van der Waals surface area contributed by atoms with Crippen LogP contribution in [0.2, 0.25) is 0 Å². The van der Waals surface area contributed by atoms with E-state index in [-0.39, 0.29) is 5.91 Å². The highest BCUT2D eigenvalue weighted by Gasteiger charge is 2.08. The van der Waals surface area contributed by atoms with Gasteiger partial charge in [-0.2, -0.15) is 0 Å². The van der Waals surface area contributed by atoms with Gasteiger partial charge in [0, 0.05) is 17.3 Å². The highest BCUT2D eigenvalue weighted by molar-refractivity contribution is 5.94. The molecule has 2 heterocycles. The van der Waals surface area contributed by atoms with E-state index in [0.29, 0.717) is 36.0 Å². The predicted octanol–water partition coefficient (Wildman–Crippen LogP) is 1.25. The van der Waals surface area contributed by atoms with Crippen LogP contribution in [0.1, 0.15) is 33.0 Å². The summed E-state index contributed by atoms with van der Waals surface area (Å²) >= 11 is 0. The zero-order chi connectivity index (χ0) is 17.8. The first-order chi connectivity index (χ1) is 12.0. The fourth-order valence-corrected chi connectivity index (χ4v) is 2.28. The number of nitrogens with zero attached hydrogens (tertiary/aromatic N) is 5. The molecule has 25 heavy (non-hydrogen) atoms. The Balaban J connectivity index is 1.60. The van der Waals surface area contributed by atoms with Crippen molar-refractivity contribution in [3.63, 3.8) is 0 Å². The quantitative estimate of drug-likeness (QED) is 0.724. The van der Waals surface area contributed by atoms with Gasteiger partial charge in [0.2, 0.25) is 0 Å². The summed E-state index contributed by atoms with van der Waals surface area (Å²) in [5.74, 6) is 0.905. The minimum atomic E-state index is -0.147. The summed E-state index contributed by atoms with van der Waals surface area (Å²) in [5.41, 5.74) is 9.03. The van der Waals surface area contributed by atoms with E-state index in [0.717, 1.165) is 11.1 Å². The van der Waals surface area contributed by atoms with E-state index in [4.69, 9.17) is 5.73 Å². The van der Waals surface area contributed by atoms with Gasteiger partial charge in [0.1, 0.15) is 17.3 Å². The summed E-state index contributed by atoms with van der Waals surface area (Å²) < 4.78 is 1.64. The third-order valence-electron chi connectivity index (χ3n) is 3.68. The summed E-state index contributed by atoms with van der Waals surface area (Å²) in [6, 6.07) is 7.39. The number of anilines is 1. The molecule has 3 rings (SSSR count). The molecule has 0 fully saturated rings. The molecule has 0 radical (unpaired) electrons. The minimum Gasteiger partial charge on any atom is -0.383 e.